The van der Waals surface area contributed by atoms with E-state index in [0.29, 0.717) is 30.2 Å². The minimum absolute atomic E-state index is 0.110. The number of anilines is 1. The van der Waals surface area contributed by atoms with Gasteiger partial charge >= 0.3 is 0 Å². The highest BCUT2D eigenvalue weighted by Gasteiger charge is 2.22. The van der Waals surface area contributed by atoms with Gasteiger partial charge in [0.05, 0.1) is 12.6 Å². The van der Waals surface area contributed by atoms with E-state index in [1.54, 1.807) is 18.3 Å². The van der Waals surface area contributed by atoms with Crippen molar-refractivity contribution in [3.63, 3.8) is 0 Å². The van der Waals surface area contributed by atoms with Crippen LogP contribution in [0.25, 0.3) is 10.8 Å². The van der Waals surface area contributed by atoms with Gasteiger partial charge in [0, 0.05) is 30.1 Å². The van der Waals surface area contributed by atoms with Crippen LogP contribution in [0.15, 0.2) is 60.8 Å². The Morgan fingerprint density at radius 1 is 1.19 bits per heavy atom. The van der Waals surface area contributed by atoms with Crippen LogP contribution in [0.5, 0.6) is 0 Å². The summed E-state index contributed by atoms with van der Waals surface area (Å²) < 4.78 is 0. The average Bonchev–Trinajstić information content (AvgIpc) is 2.79. The van der Waals surface area contributed by atoms with E-state index in [0.717, 1.165) is 21.4 Å². The Labute approximate surface area is 186 Å². The topological polar surface area (TPSA) is 74.8 Å². The third-order valence-electron chi connectivity index (χ3n) is 4.92. The van der Waals surface area contributed by atoms with Gasteiger partial charge in [0.15, 0.2) is 5.82 Å². The number of rotatable bonds is 10. The molecular formula is C23H25ClN4O3. The summed E-state index contributed by atoms with van der Waals surface area (Å²) in [6, 6.07) is 16.6. The maximum atomic E-state index is 12.3. The van der Waals surface area contributed by atoms with Crippen LogP contribution >= 0.6 is 11.6 Å². The van der Waals surface area contributed by atoms with Gasteiger partial charge in [0.1, 0.15) is 0 Å². The minimum atomic E-state index is -0.303. The molecule has 1 N–H and O–H groups in total. The van der Waals surface area contributed by atoms with E-state index in [9.17, 15) is 9.59 Å². The van der Waals surface area contributed by atoms with Crippen molar-refractivity contribution in [2.45, 2.75) is 32.9 Å². The van der Waals surface area contributed by atoms with E-state index in [4.69, 9.17) is 16.4 Å². The Kier molecular flexibility index (Phi) is 7.94. The molecule has 2 aromatic carbocycles. The second-order valence-electron chi connectivity index (χ2n) is 6.99. The van der Waals surface area contributed by atoms with Crippen LogP contribution in [0.1, 0.15) is 25.8 Å². The van der Waals surface area contributed by atoms with Gasteiger partial charge in [-0.2, -0.15) is 5.06 Å². The Balaban J connectivity index is 1.68. The molecule has 1 heterocycles. The standard InChI is InChI=1S/C23H25ClN4O3/c1-3-21(28(17(2)30)26-14-20-10-6-7-11-22(20)24)15-31-27(16-29)23-12-18-8-4-5-9-19(18)13-25-23/h4-13,16,21,26H,3,14-15H2,1-2H3/t21-/m0/s1. The van der Waals surface area contributed by atoms with Crippen molar-refractivity contribution in [1.29, 1.82) is 0 Å². The van der Waals surface area contributed by atoms with Gasteiger partial charge in [-0.25, -0.2) is 10.4 Å². The number of pyridine rings is 1. The third-order valence-corrected chi connectivity index (χ3v) is 5.29. The molecule has 1 atom stereocenters. The van der Waals surface area contributed by atoms with Crippen molar-refractivity contribution in [3.05, 3.63) is 71.4 Å². The average molecular weight is 441 g/mol. The number of hydroxylamine groups is 1. The lowest BCUT2D eigenvalue weighted by Crippen LogP contribution is -2.50. The Morgan fingerprint density at radius 3 is 2.58 bits per heavy atom. The number of nitrogens with zero attached hydrogens (tertiary/aromatic N) is 3. The summed E-state index contributed by atoms with van der Waals surface area (Å²) >= 11 is 6.21. The lowest BCUT2D eigenvalue weighted by Gasteiger charge is -2.31. The molecule has 0 bridgehead atoms. The zero-order chi connectivity index (χ0) is 22.2. The normalized spacial score (nSPS) is 11.8. The first-order valence-electron chi connectivity index (χ1n) is 10.0. The highest BCUT2D eigenvalue weighted by Crippen LogP contribution is 2.19. The van der Waals surface area contributed by atoms with Crippen LogP contribution in [0.4, 0.5) is 5.82 Å². The van der Waals surface area contributed by atoms with Crippen molar-refractivity contribution in [1.82, 2.24) is 15.4 Å². The summed E-state index contributed by atoms with van der Waals surface area (Å²) in [5.41, 5.74) is 4.01. The second kappa shape index (κ2) is 10.9. The summed E-state index contributed by atoms with van der Waals surface area (Å²) in [6.45, 7) is 3.92. The first kappa shape index (κ1) is 22.7. The number of hydrogen-bond donors (Lipinski definition) is 1. The molecule has 1 aromatic heterocycles. The molecule has 162 valence electrons. The predicted molar refractivity (Wildman–Crippen MR) is 121 cm³/mol. The third kappa shape index (κ3) is 5.79. The number of aromatic nitrogens is 1. The molecule has 0 saturated heterocycles. The predicted octanol–water partition coefficient (Wildman–Crippen LogP) is 4.11. The van der Waals surface area contributed by atoms with Crippen molar-refractivity contribution in [2.75, 3.05) is 11.7 Å². The van der Waals surface area contributed by atoms with Crippen LogP contribution in [0, 0.1) is 0 Å². The number of hydrazine groups is 1. The number of halogens is 1. The zero-order valence-corrected chi connectivity index (χ0v) is 18.2. The fourth-order valence-corrected chi connectivity index (χ4v) is 3.40. The van der Waals surface area contributed by atoms with Gasteiger partial charge in [-0.15, -0.1) is 0 Å². The number of nitrogens with one attached hydrogen (secondary N) is 1. The van der Waals surface area contributed by atoms with Crippen LogP contribution in [0.2, 0.25) is 5.02 Å². The van der Waals surface area contributed by atoms with Gasteiger partial charge in [0.25, 0.3) is 0 Å². The molecule has 2 amide bonds. The van der Waals surface area contributed by atoms with Gasteiger partial charge in [-0.3, -0.25) is 19.4 Å². The summed E-state index contributed by atoms with van der Waals surface area (Å²) in [5, 5.41) is 5.14. The lowest BCUT2D eigenvalue weighted by molar-refractivity contribution is -0.137. The maximum absolute atomic E-state index is 12.3. The fourth-order valence-electron chi connectivity index (χ4n) is 3.19. The highest BCUT2D eigenvalue weighted by molar-refractivity contribution is 6.31. The minimum Gasteiger partial charge on any atom is -0.276 e. The molecule has 0 fully saturated rings. The Hall–Kier alpha value is -3.00. The molecule has 0 aliphatic carbocycles. The smallest absolute Gasteiger partial charge is 0.239 e. The van der Waals surface area contributed by atoms with Crippen molar-refractivity contribution < 1.29 is 14.4 Å². The monoisotopic (exact) mass is 440 g/mol. The molecule has 0 saturated carbocycles. The second-order valence-corrected chi connectivity index (χ2v) is 7.40. The largest absolute Gasteiger partial charge is 0.276 e. The molecule has 0 radical (unpaired) electrons. The SMILES string of the molecule is CC[C@@H](CON(C=O)c1cc2ccccc2cn1)N(NCc1ccccc1Cl)C(C)=O. The van der Waals surface area contributed by atoms with E-state index in [2.05, 4.69) is 10.4 Å². The maximum Gasteiger partial charge on any atom is 0.239 e. The molecule has 8 heteroatoms. The number of carbonyl (C=O) groups is 2. The van der Waals surface area contributed by atoms with Gasteiger partial charge in [-0.1, -0.05) is 61.0 Å². The quantitative estimate of drug-likeness (QED) is 0.379. The van der Waals surface area contributed by atoms with Crippen molar-refractivity contribution in [2.24, 2.45) is 0 Å². The Bertz CT molecular complexity index is 1050. The molecule has 0 unspecified atom stereocenters. The summed E-state index contributed by atoms with van der Waals surface area (Å²) in [7, 11) is 0. The van der Waals surface area contributed by atoms with Gasteiger partial charge in [-0.05, 0) is 29.5 Å². The number of benzene rings is 2. The number of hydrogen-bond acceptors (Lipinski definition) is 5. The summed E-state index contributed by atoms with van der Waals surface area (Å²) in [4.78, 5) is 33.9. The van der Waals surface area contributed by atoms with E-state index >= 15 is 0 Å². The van der Waals surface area contributed by atoms with Crippen LogP contribution in [0.3, 0.4) is 0 Å². The van der Waals surface area contributed by atoms with Crippen LogP contribution in [-0.2, 0) is 21.0 Å². The molecule has 3 rings (SSSR count). The molecule has 0 spiro atoms. The summed E-state index contributed by atoms with van der Waals surface area (Å²) in [6.07, 6.45) is 2.88. The molecule has 31 heavy (non-hydrogen) atoms. The number of fused-ring (bicyclic) bond motifs is 1. The molecular weight excluding hydrogens is 416 g/mol. The molecule has 0 aliphatic rings. The highest BCUT2D eigenvalue weighted by atomic mass is 35.5. The van der Waals surface area contributed by atoms with Crippen LogP contribution < -0.4 is 10.5 Å². The molecule has 7 nitrogen and oxygen atoms in total. The van der Waals surface area contributed by atoms with Crippen molar-refractivity contribution >= 4 is 40.5 Å². The number of carbonyl (C=O) groups excluding carboxylic acids is 2. The first-order chi connectivity index (χ1) is 15.0. The lowest BCUT2D eigenvalue weighted by atomic mass is 10.2. The fraction of sp³-hybridized carbons (Fsp3) is 0.261. The van der Waals surface area contributed by atoms with Crippen molar-refractivity contribution in [3.8, 4) is 0 Å². The van der Waals surface area contributed by atoms with E-state index < -0.39 is 0 Å². The van der Waals surface area contributed by atoms with Crippen LogP contribution in [-0.4, -0.2) is 35.0 Å². The zero-order valence-electron chi connectivity index (χ0n) is 17.5. The molecule has 0 aliphatic heterocycles. The van der Waals surface area contributed by atoms with E-state index in [1.165, 1.54) is 11.9 Å². The molecule has 3 aromatic rings. The van der Waals surface area contributed by atoms with E-state index in [1.807, 2.05) is 49.4 Å². The summed E-state index contributed by atoms with van der Waals surface area (Å²) in [5.74, 6) is 0.214. The van der Waals surface area contributed by atoms with Gasteiger partial charge in [0.2, 0.25) is 12.3 Å². The Morgan fingerprint density at radius 2 is 1.90 bits per heavy atom. The van der Waals surface area contributed by atoms with Gasteiger partial charge < -0.3 is 0 Å². The first-order valence-corrected chi connectivity index (χ1v) is 10.4. The number of amides is 2. The van der Waals surface area contributed by atoms with E-state index in [-0.39, 0.29) is 18.6 Å².